The molecular weight excluding hydrogens is 296 g/mol. The molecule has 0 aromatic heterocycles. The Kier molecular flexibility index (Phi) is 6.85. The minimum atomic E-state index is -0.451. The van der Waals surface area contributed by atoms with Crippen molar-refractivity contribution in [2.75, 3.05) is 0 Å². The predicted octanol–water partition coefficient (Wildman–Crippen LogP) is 3.81. The maximum absolute atomic E-state index is 12.2. The molecule has 3 atom stereocenters. The fourth-order valence-electron chi connectivity index (χ4n) is 2.53. The zero-order chi connectivity index (χ0) is 15.4. The maximum atomic E-state index is 12.2. The molecule has 0 heterocycles. The highest BCUT2D eigenvalue weighted by Gasteiger charge is 2.21. The van der Waals surface area contributed by atoms with Crippen molar-refractivity contribution in [1.29, 1.82) is 0 Å². The average Bonchev–Trinajstić information content (AvgIpc) is 2.52. The summed E-state index contributed by atoms with van der Waals surface area (Å²) < 4.78 is 0. The molecule has 0 saturated heterocycles. The van der Waals surface area contributed by atoms with Gasteiger partial charge in [0.2, 0.25) is 5.91 Å². The largest absolute Gasteiger partial charge is 0.348 e. The third-order valence-electron chi connectivity index (χ3n) is 4.21. The average molecular weight is 321 g/mol. The van der Waals surface area contributed by atoms with E-state index < -0.39 is 6.04 Å². The van der Waals surface area contributed by atoms with E-state index >= 15 is 0 Å². The van der Waals surface area contributed by atoms with Crippen LogP contribution in [-0.2, 0) is 4.79 Å². The fraction of sp³-hybridized carbons (Fsp3) is 0.389. The van der Waals surface area contributed by atoms with Gasteiger partial charge in [-0.1, -0.05) is 62.7 Å². The smallest absolute Gasteiger partial charge is 0.237 e. The van der Waals surface area contributed by atoms with Gasteiger partial charge in [0.1, 0.15) is 0 Å². The van der Waals surface area contributed by atoms with Gasteiger partial charge in [0.05, 0.1) is 12.1 Å². The summed E-state index contributed by atoms with van der Waals surface area (Å²) in [7, 11) is 0. The van der Waals surface area contributed by atoms with Crippen molar-refractivity contribution in [2.45, 2.75) is 39.3 Å². The molecule has 0 saturated carbocycles. The Hall–Kier alpha value is -1.58. The zero-order valence-electron chi connectivity index (χ0n) is 13.4. The quantitative estimate of drug-likeness (QED) is 0.880. The van der Waals surface area contributed by atoms with E-state index in [4.69, 9.17) is 5.73 Å². The van der Waals surface area contributed by atoms with Gasteiger partial charge in [-0.15, -0.1) is 12.4 Å². The van der Waals surface area contributed by atoms with E-state index in [2.05, 4.69) is 29.6 Å². The van der Waals surface area contributed by atoms with Gasteiger partial charge in [0.15, 0.2) is 0 Å². The van der Waals surface area contributed by atoms with Crippen LogP contribution in [0.5, 0.6) is 0 Å². The van der Waals surface area contributed by atoms with Crippen molar-refractivity contribution in [1.82, 2.24) is 5.32 Å². The summed E-state index contributed by atoms with van der Waals surface area (Å²) in [6, 6.07) is 13.9. The summed E-state index contributed by atoms with van der Waals surface area (Å²) in [5, 5.41) is 5.39. The molecule has 3 N–H and O–H groups in total. The molecule has 0 spiro atoms. The first-order valence-corrected chi connectivity index (χ1v) is 7.58. The van der Waals surface area contributed by atoms with E-state index in [-0.39, 0.29) is 30.3 Å². The zero-order valence-corrected chi connectivity index (χ0v) is 14.2. The fourth-order valence-corrected chi connectivity index (χ4v) is 2.53. The van der Waals surface area contributed by atoms with E-state index in [9.17, 15) is 4.79 Å². The Morgan fingerprint density at radius 1 is 1.14 bits per heavy atom. The molecule has 4 heteroatoms. The summed E-state index contributed by atoms with van der Waals surface area (Å²) in [6.07, 6.45) is 0.900. The van der Waals surface area contributed by atoms with E-state index in [1.54, 1.807) is 0 Å². The number of carbonyl (C=O) groups excluding carboxylic acids is 1. The normalized spacial score (nSPS) is 14.7. The first kappa shape index (κ1) is 18.5. The number of rotatable bonds is 5. The molecule has 1 amide bonds. The van der Waals surface area contributed by atoms with Crippen molar-refractivity contribution in [3.63, 3.8) is 0 Å². The highest BCUT2D eigenvalue weighted by atomic mass is 35.5. The van der Waals surface area contributed by atoms with Crippen LogP contribution < -0.4 is 11.1 Å². The number of halogens is 1. The minimum absolute atomic E-state index is 0. The van der Waals surface area contributed by atoms with Crippen molar-refractivity contribution in [3.05, 3.63) is 48.0 Å². The molecule has 0 bridgehead atoms. The number of amides is 1. The van der Waals surface area contributed by atoms with Crippen molar-refractivity contribution < 1.29 is 4.79 Å². The number of hydrogen-bond donors (Lipinski definition) is 2. The summed E-state index contributed by atoms with van der Waals surface area (Å²) in [6.45, 7) is 6.06. The molecule has 2 rings (SSSR count). The molecule has 22 heavy (non-hydrogen) atoms. The van der Waals surface area contributed by atoms with Crippen LogP contribution >= 0.6 is 12.4 Å². The standard InChI is InChI=1S/C18H24N2O.ClH/c1-4-12(2)17(19)18(21)20-13(3)15-11-7-9-14-8-5-6-10-16(14)15;/h5-13,17H,4,19H2,1-3H3,(H,20,21);1H. The first-order chi connectivity index (χ1) is 10.0. The second-order valence-corrected chi connectivity index (χ2v) is 5.71. The van der Waals surface area contributed by atoms with Gasteiger partial charge in [-0.25, -0.2) is 0 Å². The monoisotopic (exact) mass is 320 g/mol. The van der Waals surface area contributed by atoms with Gasteiger partial charge in [-0.2, -0.15) is 0 Å². The van der Waals surface area contributed by atoms with E-state index in [1.807, 2.05) is 39.0 Å². The SMILES string of the molecule is CCC(C)C(N)C(=O)NC(C)c1cccc2ccccc12.Cl. The van der Waals surface area contributed by atoms with Crippen LogP contribution in [0.3, 0.4) is 0 Å². The summed E-state index contributed by atoms with van der Waals surface area (Å²) in [4.78, 5) is 12.2. The Bertz CT molecular complexity index is 624. The minimum Gasteiger partial charge on any atom is -0.348 e. The highest BCUT2D eigenvalue weighted by Crippen LogP contribution is 2.24. The lowest BCUT2D eigenvalue weighted by atomic mass is 9.97. The molecule has 3 nitrogen and oxygen atoms in total. The summed E-state index contributed by atoms with van der Waals surface area (Å²) >= 11 is 0. The maximum Gasteiger partial charge on any atom is 0.237 e. The first-order valence-electron chi connectivity index (χ1n) is 7.58. The number of nitrogens with two attached hydrogens (primary N) is 1. The second kappa shape index (κ2) is 8.16. The number of hydrogen-bond acceptors (Lipinski definition) is 2. The number of nitrogens with one attached hydrogen (secondary N) is 1. The van der Waals surface area contributed by atoms with Crippen LogP contribution in [0.25, 0.3) is 10.8 Å². The molecule has 0 aliphatic heterocycles. The molecule has 2 aromatic carbocycles. The van der Waals surface area contributed by atoms with Crippen LogP contribution in [0.2, 0.25) is 0 Å². The third kappa shape index (κ3) is 3.99. The van der Waals surface area contributed by atoms with Crippen molar-refractivity contribution in [2.24, 2.45) is 11.7 Å². The topological polar surface area (TPSA) is 55.1 Å². The van der Waals surface area contributed by atoms with Crippen molar-refractivity contribution in [3.8, 4) is 0 Å². The summed E-state index contributed by atoms with van der Waals surface area (Å²) in [5.74, 6) is 0.106. The third-order valence-corrected chi connectivity index (χ3v) is 4.21. The van der Waals surface area contributed by atoms with Gasteiger partial charge < -0.3 is 11.1 Å². The van der Waals surface area contributed by atoms with Crippen molar-refractivity contribution >= 4 is 29.1 Å². The Labute approximate surface area is 138 Å². The molecule has 0 aliphatic rings. The Morgan fingerprint density at radius 3 is 2.45 bits per heavy atom. The van der Waals surface area contributed by atoms with Crippen LogP contribution in [0.15, 0.2) is 42.5 Å². The van der Waals surface area contributed by atoms with E-state index in [0.717, 1.165) is 12.0 Å². The summed E-state index contributed by atoms with van der Waals surface area (Å²) in [5.41, 5.74) is 7.12. The second-order valence-electron chi connectivity index (χ2n) is 5.71. The van der Waals surface area contributed by atoms with Gasteiger partial charge in [0, 0.05) is 0 Å². The lowest BCUT2D eigenvalue weighted by Gasteiger charge is -2.22. The number of fused-ring (bicyclic) bond motifs is 1. The van der Waals surface area contributed by atoms with Crippen LogP contribution in [0, 0.1) is 5.92 Å². The van der Waals surface area contributed by atoms with Gasteiger partial charge >= 0.3 is 0 Å². The Balaban J connectivity index is 0.00000242. The molecule has 120 valence electrons. The lowest BCUT2D eigenvalue weighted by Crippen LogP contribution is -2.45. The number of carbonyl (C=O) groups is 1. The van der Waals surface area contributed by atoms with Gasteiger partial charge in [-0.05, 0) is 29.2 Å². The highest BCUT2D eigenvalue weighted by molar-refractivity contribution is 5.87. The Morgan fingerprint density at radius 2 is 1.77 bits per heavy atom. The van der Waals surface area contributed by atoms with Crippen LogP contribution in [0.1, 0.15) is 38.8 Å². The van der Waals surface area contributed by atoms with Gasteiger partial charge in [0.25, 0.3) is 0 Å². The van der Waals surface area contributed by atoms with Crippen LogP contribution in [0.4, 0.5) is 0 Å². The molecule has 0 fully saturated rings. The van der Waals surface area contributed by atoms with E-state index in [0.29, 0.717) is 0 Å². The molecule has 3 unspecified atom stereocenters. The molecule has 0 radical (unpaired) electrons. The molecule has 2 aromatic rings. The predicted molar refractivity (Wildman–Crippen MR) is 95.2 cm³/mol. The van der Waals surface area contributed by atoms with Gasteiger partial charge in [-0.3, -0.25) is 4.79 Å². The molecule has 0 aliphatic carbocycles. The number of benzene rings is 2. The van der Waals surface area contributed by atoms with E-state index in [1.165, 1.54) is 10.8 Å². The molecular formula is C18H25ClN2O. The lowest BCUT2D eigenvalue weighted by molar-refractivity contribution is -0.124. The van der Waals surface area contributed by atoms with Crippen LogP contribution in [-0.4, -0.2) is 11.9 Å².